The molecule has 0 aliphatic rings. The van der Waals surface area contributed by atoms with Gasteiger partial charge in [-0.2, -0.15) is 5.26 Å². The largest absolute Gasteiger partial charge is 0.318 e. The zero-order chi connectivity index (χ0) is 8.53. The molecule has 0 unspecified atom stereocenters. The van der Waals surface area contributed by atoms with Crippen LogP contribution in [0.2, 0.25) is 0 Å². The van der Waals surface area contributed by atoms with Gasteiger partial charge in [0, 0.05) is 0 Å². The van der Waals surface area contributed by atoms with Crippen LogP contribution in [0.15, 0.2) is 30.3 Å². The number of nitriles is 1. The van der Waals surface area contributed by atoms with Gasteiger partial charge < -0.3 is 5.73 Å². The number of nitrogens with zero attached hydrogens (tertiary/aromatic N) is 1. The van der Waals surface area contributed by atoms with Gasteiger partial charge >= 0.3 is 0 Å². The third-order valence-corrected chi connectivity index (χ3v) is 0.824. The molecule has 0 aliphatic heterocycles. The van der Waals surface area contributed by atoms with Gasteiger partial charge in [0.25, 0.3) is 0 Å². The van der Waals surface area contributed by atoms with Crippen molar-refractivity contribution in [1.82, 2.24) is 0 Å². The minimum atomic E-state index is -0.178. The zero-order valence-corrected chi connectivity index (χ0v) is 6.00. The third kappa shape index (κ3) is 6.49. The highest BCUT2D eigenvalue weighted by atomic mass is 19.1. The van der Waals surface area contributed by atoms with Crippen molar-refractivity contribution in [2.24, 2.45) is 5.73 Å². The molecule has 0 aliphatic carbocycles. The summed E-state index contributed by atoms with van der Waals surface area (Å²) in [7, 11) is 0. The Morgan fingerprint density at radius 2 is 1.82 bits per heavy atom. The summed E-state index contributed by atoms with van der Waals surface area (Å²) in [5.41, 5.74) is 4.67. The Bertz CT molecular complexity index is 215. The molecule has 0 saturated heterocycles. The highest BCUT2D eigenvalue weighted by molar-refractivity contribution is 5.02. The minimum Gasteiger partial charge on any atom is -0.318 e. The average Bonchev–Trinajstić information content (AvgIpc) is 2.07. The lowest BCUT2D eigenvalue weighted by molar-refractivity contribution is 0.628. The predicted molar refractivity (Wildman–Crippen MR) is 41.1 cm³/mol. The number of halogens is 1. The standard InChI is InChI=1S/C6H5F.C2H4N2/c7-6-4-2-1-3-5-6;3-1-2-4/h1-5H;1,3H2. The summed E-state index contributed by atoms with van der Waals surface area (Å²) in [5, 5.41) is 7.50. The van der Waals surface area contributed by atoms with Gasteiger partial charge in [0.1, 0.15) is 5.82 Å². The number of hydrogen-bond donors (Lipinski definition) is 1. The Morgan fingerprint density at radius 1 is 1.36 bits per heavy atom. The van der Waals surface area contributed by atoms with Crippen LogP contribution in [0.4, 0.5) is 4.39 Å². The highest BCUT2D eigenvalue weighted by Crippen LogP contribution is 1.91. The molecule has 0 atom stereocenters. The normalized spacial score (nSPS) is 7.36. The third-order valence-electron chi connectivity index (χ3n) is 0.824. The highest BCUT2D eigenvalue weighted by Gasteiger charge is 1.77. The van der Waals surface area contributed by atoms with Gasteiger partial charge in [-0.05, 0) is 12.1 Å². The molecule has 0 spiro atoms. The Hall–Kier alpha value is -1.40. The molecule has 0 radical (unpaired) electrons. The van der Waals surface area contributed by atoms with E-state index >= 15 is 0 Å². The maximum atomic E-state index is 11.9. The molecule has 0 heterocycles. The van der Waals surface area contributed by atoms with E-state index in [1.165, 1.54) is 12.1 Å². The lowest BCUT2D eigenvalue weighted by Gasteiger charge is -1.78. The predicted octanol–water partition coefficient (Wildman–Crippen LogP) is 1.29. The van der Waals surface area contributed by atoms with Crippen LogP contribution in [0.3, 0.4) is 0 Å². The van der Waals surface area contributed by atoms with Crippen molar-refractivity contribution >= 4 is 0 Å². The lowest BCUT2D eigenvalue weighted by atomic mass is 10.4. The summed E-state index contributed by atoms with van der Waals surface area (Å²) in [5.74, 6) is -0.178. The summed E-state index contributed by atoms with van der Waals surface area (Å²) >= 11 is 0. The second kappa shape index (κ2) is 6.72. The summed E-state index contributed by atoms with van der Waals surface area (Å²) in [6.45, 7) is 0.125. The summed E-state index contributed by atoms with van der Waals surface area (Å²) in [6, 6.07) is 9.65. The molecule has 1 aromatic rings. The van der Waals surface area contributed by atoms with Crippen LogP contribution in [-0.2, 0) is 0 Å². The first kappa shape index (κ1) is 9.60. The van der Waals surface area contributed by atoms with Crippen molar-refractivity contribution in [2.75, 3.05) is 6.54 Å². The molecule has 1 aromatic carbocycles. The Balaban J connectivity index is 0.000000218. The molecule has 58 valence electrons. The van der Waals surface area contributed by atoms with Gasteiger partial charge in [-0.3, -0.25) is 0 Å². The van der Waals surface area contributed by atoms with Crippen LogP contribution in [-0.4, -0.2) is 6.54 Å². The molecule has 0 bridgehead atoms. The Labute approximate surface area is 65.1 Å². The molecular formula is C8H9FN2. The van der Waals surface area contributed by atoms with E-state index in [-0.39, 0.29) is 12.4 Å². The summed E-state index contributed by atoms with van der Waals surface area (Å²) in [6.07, 6.45) is 0. The van der Waals surface area contributed by atoms with Gasteiger partial charge in [-0.25, -0.2) is 4.39 Å². The zero-order valence-electron chi connectivity index (χ0n) is 6.00. The molecular weight excluding hydrogens is 143 g/mol. The number of nitrogens with two attached hydrogens (primary N) is 1. The first-order valence-electron chi connectivity index (χ1n) is 3.09. The van der Waals surface area contributed by atoms with Gasteiger partial charge in [-0.1, -0.05) is 18.2 Å². The van der Waals surface area contributed by atoms with Gasteiger partial charge in [0.2, 0.25) is 0 Å². The monoisotopic (exact) mass is 152 g/mol. The smallest absolute Gasteiger partial charge is 0.123 e. The molecule has 11 heavy (non-hydrogen) atoms. The second-order valence-electron chi connectivity index (χ2n) is 1.66. The van der Waals surface area contributed by atoms with E-state index in [1.54, 1.807) is 24.3 Å². The number of hydrogen-bond acceptors (Lipinski definition) is 2. The molecule has 2 nitrogen and oxygen atoms in total. The summed E-state index contributed by atoms with van der Waals surface area (Å²) in [4.78, 5) is 0. The van der Waals surface area contributed by atoms with Crippen LogP contribution < -0.4 is 5.73 Å². The fourth-order valence-electron chi connectivity index (χ4n) is 0.415. The first-order chi connectivity index (χ1) is 5.31. The maximum Gasteiger partial charge on any atom is 0.123 e. The summed E-state index contributed by atoms with van der Waals surface area (Å²) < 4.78 is 11.9. The van der Waals surface area contributed by atoms with Crippen LogP contribution in [0.1, 0.15) is 0 Å². The fourth-order valence-corrected chi connectivity index (χ4v) is 0.415. The van der Waals surface area contributed by atoms with Crippen molar-refractivity contribution in [3.05, 3.63) is 36.1 Å². The molecule has 1 rings (SSSR count). The lowest BCUT2D eigenvalue weighted by Crippen LogP contribution is -1.91. The molecule has 0 amide bonds. The quantitative estimate of drug-likeness (QED) is 0.569. The average molecular weight is 152 g/mol. The van der Waals surface area contributed by atoms with Gasteiger partial charge in [0.05, 0.1) is 12.6 Å². The second-order valence-corrected chi connectivity index (χ2v) is 1.66. The van der Waals surface area contributed by atoms with Crippen LogP contribution in [0.5, 0.6) is 0 Å². The van der Waals surface area contributed by atoms with E-state index in [0.29, 0.717) is 0 Å². The number of benzene rings is 1. The van der Waals surface area contributed by atoms with Gasteiger partial charge in [0.15, 0.2) is 0 Å². The van der Waals surface area contributed by atoms with E-state index < -0.39 is 0 Å². The molecule has 2 N–H and O–H groups in total. The minimum absolute atomic E-state index is 0.125. The van der Waals surface area contributed by atoms with Crippen molar-refractivity contribution in [3.63, 3.8) is 0 Å². The van der Waals surface area contributed by atoms with Crippen LogP contribution in [0, 0.1) is 17.1 Å². The maximum absolute atomic E-state index is 11.9. The Kier molecular flexibility index (Phi) is 5.86. The van der Waals surface area contributed by atoms with Crippen molar-refractivity contribution in [3.8, 4) is 6.07 Å². The Morgan fingerprint density at radius 3 is 2.00 bits per heavy atom. The molecule has 0 saturated carbocycles. The van der Waals surface area contributed by atoms with Crippen LogP contribution in [0.25, 0.3) is 0 Å². The van der Waals surface area contributed by atoms with Crippen molar-refractivity contribution in [2.45, 2.75) is 0 Å². The van der Waals surface area contributed by atoms with Crippen molar-refractivity contribution < 1.29 is 4.39 Å². The van der Waals surface area contributed by atoms with Gasteiger partial charge in [-0.15, -0.1) is 0 Å². The molecule has 3 heteroatoms. The van der Waals surface area contributed by atoms with E-state index in [1.807, 2.05) is 0 Å². The molecule has 0 fully saturated rings. The topological polar surface area (TPSA) is 49.8 Å². The van der Waals surface area contributed by atoms with E-state index in [4.69, 9.17) is 5.26 Å². The fraction of sp³-hybridized carbons (Fsp3) is 0.125. The molecule has 0 aromatic heterocycles. The SMILES string of the molecule is Fc1ccccc1.N#CCN. The van der Waals surface area contributed by atoms with E-state index in [2.05, 4.69) is 5.73 Å². The van der Waals surface area contributed by atoms with Crippen LogP contribution >= 0.6 is 0 Å². The van der Waals surface area contributed by atoms with E-state index in [0.717, 1.165) is 0 Å². The number of rotatable bonds is 0. The van der Waals surface area contributed by atoms with Crippen molar-refractivity contribution in [1.29, 1.82) is 5.26 Å². The van der Waals surface area contributed by atoms with E-state index in [9.17, 15) is 4.39 Å². The first-order valence-corrected chi connectivity index (χ1v) is 3.09.